The number of hydrogen-bond acceptors (Lipinski definition) is 5. The highest BCUT2D eigenvalue weighted by molar-refractivity contribution is 7.89. The lowest BCUT2D eigenvalue weighted by atomic mass is 10.1. The van der Waals surface area contributed by atoms with Gasteiger partial charge in [-0.25, -0.2) is 13.4 Å². The summed E-state index contributed by atoms with van der Waals surface area (Å²) in [6.07, 6.45) is 5.28. The fraction of sp³-hybridized carbons (Fsp3) is 0.320. The van der Waals surface area contributed by atoms with Gasteiger partial charge in [-0.05, 0) is 55.3 Å². The monoisotopic (exact) mass is 477 g/mol. The predicted molar refractivity (Wildman–Crippen MR) is 132 cm³/mol. The van der Waals surface area contributed by atoms with Crippen LogP contribution in [-0.2, 0) is 28.3 Å². The van der Waals surface area contributed by atoms with Crippen molar-refractivity contribution in [2.45, 2.75) is 37.0 Å². The number of carbonyl (C=O) groups excluding carboxylic acids is 1. The Labute approximate surface area is 198 Å². The largest absolute Gasteiger partial charge is 0.331 e. The number of carbonyl (C=O) groups is 1. The molecule has 0 unspecified atom stereocenters. The van der Waals surface area contributed by atoms with Crippen LogP contribution in [0.1, 0.15) is 31.5 Å². The van der Waals surface area contributed by atoms with Crippen LogP contribution in [0.25, 0.3) is 21.9 Å². The summed E-state index contributed by atoms with van der Waals surface area (Å²) in [7, 11) is -1.63. The third-order valence-corrected chi connectivity index (χ3v) is 8.29. The second kappa shape index (κ2) is 9.15. The maximum Gasteiger partial charge on any atom is 0.243 e. The van der Waals surface area contributed by atoms with E-state index in [9.17, 15) is 13.2 Å². The van der Waals surface area contributed by atoms with Crippen molar-refractivity contribution >= 4 is 43.6 Å². The van der Waals surface area contributed by atoms with E-state index < -0.39 is 10.0 Å². The molecule has 0 spiro atoms. The van der Waals surface area contributed by atoms with Crippen LogP contribution in [0.2, 0.25) is 0 Å². The van der Waals surface area contributed by atoms with E-state index in [1.807, 2.05) is 41.9 Å². The molecule has 0 saturated carbocycles. The average Bonchev–Trinajstić information content (AvgIpc) is 3.18. The molecule has 1 aliphatic rings. The van der Waals surface area contributed by atoms with Crippen LogP contribution in [-0.4, -0.2) is 46.3 Å². The van der Waals surface area contributed by atoms with Crippen molar-refractivity contribution in [1.29, 1.82) is 0 Å². The SMILES string of the molecule is Cn1c(CCC(=O)Nc2cccc3ncccc23)nc2cc(S(=O)(=O)N3CCCCC3)ccc21. The number of benzene rings is 2. The first kappa shape index (κ1) is 22.5. The van der Waals surface area contributed by atoms with Gasteiger partial charge >= 0.3 is 0 Å². The molecule has 2 aromatic carbocycles. The van der Waals surface area contributed by atoms with Crippen LogP contribution in [0.15, 0.2) is 59.6 Å². The van der Waals surface area contributed by atoms with E-state index >= 15 is 0 Å². The van der Waals surface area contributed by atoms with E-state index in [2.05, 4.69) is 15.3 Å². The molecular formula is C25H27N5O3S. The molecule has 4 aromatic rings. The number of amides is 1. The zero-order chi connectivity index (χ0) is 23.7. The van der Waals surface area contributed by atoms with Crippen LogP contribution in [0.4, 0.5) is 5.69 Å². The maximum atomic E-state index is 13.0. The number of anilines is 1. The molecule has 5 rings (SSSR count). The fourth-order valence-corrected chi connectivity index (χ4v) is 6.06. The van der Waals surface area contributed by atoms with Crippen molar-refractivity contribution in [3.8, 4) is 0 Å². The Morgan fingerprint density at radius 1 is 1.03 bits per heavy atom. The molecule has 3 heterocycles. The molecule has 1 aliphatic heterocycles. The number of imidazole rings is 1. The van der Waals surface area contributed by atoms with Crippen molar-refractivity contribution in [3.05, 3.63) is 60.6 Å². The first-order valence-corrected chi connectivity index (χ1v) is 13.0. The summed E-state index contributed by atoms with van der Waals surface area (Å²) in [6, 6.07) is 14.5. The van der Waals surface area contributed by atoms with Gasteiger partial charge < -0.3 is 9.88 Å². The number of fused-ring (bicyclic) bond motifs is 2. The summed E-state index contributed by atoms with van der Waals surface area (Å²) < 4.78 is 29.6. The topological polar surface area (TPSA) is 97.2 Å². The zero-order valence-corrected chi connectivity index (χ0v) is 19.9. The molecule has 1 fully saturated rings. The Morgan fingerprint density at radius 2 is 1.85 bits per heavy atom. The average molecular weight is 478 g/mol. The molecule has 34 heavy (non-hydrogen) atoms. The summed E-state index contributed by atoms with van der Waals surface area (Å²) in [4.78, 5) is 21.9. The quantitative estimate of drug-likeness (QED) is 0.455. The number of piperidine rings is 1. The van der Waals surface area contributed by atoms with Gasteiger partial charge in [0.05, 0.1) is 27.1 Å². The molecule has 0 bridgehead atoms. The van der Waals surface area contributed by atoms with Crippen LogP contribution < -0.4 is 5.32 Å². The summed E-state index contributed by atoms with van der Waals surface area (Å²) in [6.45, 7) is 1.13. The second-order valence-corrected chi connectivity index (χ2v) is 10.6. The van der Waals surface area contributed by atoms with Gasteiger partial charge in [0.15, 0.2) is 0 Å². The smallest absolute Gasteiger partial charge is 0.243 e. The number of nitrogens with one attached hydrogen (secondary N) is 1. The number of aryl methyl sites for hydroxylation is 2. The molecule has 0 atom stereocenters. The fourth-order valence-electron chi connectivity index (χ4n) is 4.52. The highest BCUT2D eigenvalue weighted by Gasteiger charge is 2.26. The van der Waals surface area contributed by atoms with Gasteiger partial charge in [0.25, 0.3) is 0 Å². The second-order valence-electron chi connectivity index (χ2n) is 8.63. The molecule has 1 amide bonds. The first-order chi connectivity index (χ1) is 16.4. The van der Waals surface area contributed by atoms with Crippen LogP contribution in [0.5, 0.6) is 0 Å². The normalized spacial score (nSPS) is 15.1. The van der Waals surface area contributed by atoms with E-state index in [0.717, 1.165) is 47.2 Å². The molecule has 8 nitrogen and oxygen atoms in total. The van der Waals surface area contributed by atoms with Crippen LogP contribution in [0, 0.1) is 0 Å². The summed E-state index contributed by atoms with van der Waals surface area (Å²) >= 11 is 0. The summed E-state index contributed by atoms with van der Waals surface area (Å²) in [5.74, 6) is 0.619. The molecule has 9 heteroatoms. The Hall–Kier alpha value is -3.30. The van der Waals surface area contributed by atoms with Gasteiger partial charge in [-0.3, -0.25) is 9.78 Å². The van der Waals surface area contributed by atoms with Crippen molar-refractivity contribution in [2.75, 3.05) is 18.4 Å². The van der Waals surface area contributed by atoms with E-state index in [1.54, 1.807) is 28.7 Å². The van der Waals surface area contributed by atoms with E-state index in [0.29, 0.717) is 25.0 Å². The minimum atomic E-state index is -3.52. The van der Waals surface area contributed by atoms with Gasteiger partial charge in [-0.2, -0.15) is 4.31 Å². The lowest BCUT2D eigenvalue weighted by molar-refractivity contribution is -0.116. The molecule has 2 aromatic heterocycles. The highest BCUT2D eigenvalue weighted by Crippen LogP contribution is 2.25. The van der Waals surface area contributed by atoms with Gasteiger partial charge in [0, 0.05) is 44.6 Å². The third kappa shape index (κ3) is 4.28. The minimum absolute atomic E-state index is 0.114. The van der Waals surface area contributed by atoms with Crippen molar-refractivity contribution < 1.29 is 13.2 Å². The van der Waals surface area contributed by atoms with E-state index in [1.165, 1.54) is 0 Å². The maximum absolute atomic E-state index is 13.0. The van der Waals surface area contributed by atoms with Gasteiger partial charge in [-0.1, -0.05) is 12.5 Å². The Bertz CT molecular complexity index is 1470. The number of hydrogen-bond donors (Lipinski definition) is 1. The first-order valence-electron chi connectivity index (χ1n) is 11.5. The molecule has 1 saturated heterocycles. The third-order valence-electron chi connectivity index (χ3n) is 6.39. The van der Waals surface area contributed by atoms with Gasteiger partial charge in [-0.15, -0.1) is 0 Å². The molecule has 1 N–H and O–H groups in total. The zero-order valence-electron chi connectivity index (χ0n) is 19.1. The van der Waals surface area contributed by atoms with Gasteiger partial charge in [0.2, 0.25) is 15.9 Å². The number of pyridine rings is 1. The van der Waals surface area contributed by atoms with E-state index in [4.69, 9.17) is 0 Å². The van der Waals surface area contributed by atoms with E-state index in [-0.39, 0.29) is 17.2 Å². The Balaban J connectivity index is 1.32. The van der Waals surface area contributed by atoms with Crippen LogP contribution >= 0.6 is 0 Å². The molecule has 176 valence electrons. The summed E-state index contributed by atoms with van der Waals surface area (Å²) in [5, 5.41) is 3.87. The van der Waals surface area contributed by atoms with Crippen molar-refractivity contribution in [3.63, 3.8) is 0 Å². The summed E-state index contributed by atoms with van der Waals surface area (Å²) in [5.41, 5.74) is 3.02. The molecular weight excluding hydrogens is 450 g/mol. The lowest BCUT2D eigenvalue weighted by Crippen LogP contribution is -2.35. The molecule has 0 radical (unpaired) electrons. The number of rotatable bonds is 6. The molecule has 0 aliphatic carbocycles. The van der Waals surface area contributed by atoms with Crippen molar-refractivity contribution in [2.24, 2.45) is 7.05 Å². The number of sulfonamides is 1. The standard InChI is InChI=1S/C25H27N5O3S/c1-29-23-11-10-18(34(32,33)30-15-3-2-4-16-30)17-22(23)27-24(29)12-13-25(31)28-21-9-5-8-20-19(21)7-6-14-26-20/h5-11,14,17H,2-4,12-13,15-16H2,1H3,(H,28,31). The number of aromatic nitrogens is 3. The Kier molecular flexibility index (Phi) is 6.05. The minimum Gasteiger partial charge on any atom is -0.331 e. The Morgan fingerprint density at radius 3 is 2.68 bits per heavy atom. The highest BCUT2D eigenvalue weighted by atomic mass is 32.2. The van der Waals surface area contributed by atoms with Crippen molar-refractivity contribution in [1.82, 2.24) is 18.8 Å². The predicted octanol–water partition coefficient (Wildman–Crippen LogP) is 3.87. The van der Waals surface area contributed by atoms with Gasteiger partial charge in [0.1, 0.15) is 5.82 Å². The lowest BCUT2D eigenvalue weighted by Gasteiger charge is -2.25. The van der Waals surface area contributed by atoms with Crippen LogP contribution in [0.3, 0.4) is 0 Å². The number of nitrogens with zero attached hydrogens (tertiary/aromatic N) is 4.